The summed E-state index contributed by atoms with van der Waals surface area (Å²) in [5.41, 5.74) is 6.43. The van der Waals surface area contributed by atoms with E-state index < -0.39 is 0 Å². The van der Waals surface area contributed by atoms with Crippen LogP contribution in [0.2, 0.25) is 0 Å². The highest BCUT2D eigenvalue weighted by molar-refractivity contribution is 5.41. The van der Waals surface area contributed by atoms with E-state index in [2.05, 4.69) is 34.6 Å². The van der Waals surface area contributed by atoms with Gasteiger partial charge in [0.1, 0.15) is 0 Å². The Bertz CT molecular complexity index is 247. The third-order valence-electron chi connectivity index (χ3n) is 3.16. The Hall–Kier alpha value is -0.520. The molecule has 0 aromatic rings. The van der Waals surface area contributed by atoms with Gasteiger partial charge < -0.3 is 0 Å². The van der Waals surface area contributed by atoms with Crippen LogP contribution in [0.15, 0.2) is 22.3 Å². The van der Waals surface area contributed by atoms with E-state index in [1.807, 2.05) is 13.8 Å². The Labute approximate surface area is 96.5 Å². The number of hydrogen-bond acceptors (Lipinski definition) is 0. The van der Waals surface area contributed by atoms with Crippen LogP contribution in [-0.4, -0.2) is 0 Å². The van der Waals surface area contributed by atoms with Crippen LogP contribution < -0.4 is 0 Å². The van der Waals surface area contributed by atoms with Crippen molar-refractivity contribution >= 4 is 0 Å². The van der Waals surface area contributed by atoms with E-state index in [9.17, 15) is 0 Å². The Morgan fingerprint density at radius 1 is 0.933 bits per heavy atom. The van der Waals surface area contributed by atoms with Gasteiger partial charge in [0.05, 0.1) is 0 Å². The summed E-state index contributed by atoms with van der Waals surface area (Å²) in [6, 6.07) is 0. The van der Waals surface area contributed by atoms with Crippen molar-refractivity contribution in [2.45, 2.75) is 67.7 Å². The molecule has 0 spiro atoms. The van der Waals surface area contributed by atoms with Crippen molar-refractivity contribution in [3.05, 3.63) is 22.3 Å². The third-order valence-corrected chi connectivity index (χ3v) is 3.16. The van der Waals surface area contributed by atoms with E-state index in [0.29, 0.717) is 5.92 Å². The van der Waals surface area contributed by atoms with Gasteiger partial charge in [-0.05, 0) is 57.1 Å². The third kappa shape index (κ3) is 3.85. The predicted octanol–water partition coefficient (Wildman–Crippen LogP) is 5.51. The first kappa shape index (κ1) is 14.5. The van der Waals surface area contributed by atoms with Gasteiger partial charge in [-0.25, -0.2) is 0 Å². The van der Waals surface area contributed by atoms with Crippen molar-refractivity contribution in [3.8, 4) is 0 Å². The smallest absolute Gasteiger partial charge is 0.0257 e. The van der Waals surface area contributed by atoms with Gasteiger partial charge in [-0.15, -0.1) is 0 Å². The highest BCUT2D eigenvalue weighted by atomic mass is 14.2. The zero-order chi connectivity index (χ0) is 12.0. The molecule has 0 aromatic heterocycles. The van der Waals surface area contributed by atoms with Crippen molar-refractivity contribution in [2.24, 2.45) is 5.92 Å². The maximum atomic E-state index is 2.30. The second kappa shape index (κ2) is 6.87. The molecule has 88 valence electrons. The average molecular weight is 208 g/mol. The normalized spacial score (nSPS) is 18.8. The lowest BCUT2D eigenvalue weighted by molar-refractivity contribution is 0.753. The van der Waals surface area contributed by atoms with Crippen molar-refractivity contribution in [1.82, 2.24) is 0 Å². The van der Waals surface area contributed by atoms with Gasteiger partial charge in [0.15, 0.2) is 0 Å². The fourth-order valence-corrected chi connectivity index (χ4v) is 2.08. The largest absolute Gasteiger partial charge is 0.0730 e. The fourth-order valence-electron chi connectivity index (χ4n) is 2.08. The SMILES string of the molecule is CC.CC(C)=C1CCC/C1=C(/C)C(C)C. The summed E-state index contributed by atoms with van der Waals surface area (Å²) >= 11 is 0. The van der Waals surface area contributed by atoms with Crippen LogP contribution in [0.1, 0.15) is 67.7 Å². The average Bonchev–Trinajstić information content (AvgIpc) is 2.68. The van der Waals surface area contributed by atoms with Crippen LogP contribution in [0.4, 0.5) is 0 Å². The van der Waals surface area contributed by atoms with E-state index in [1.165, 1.54) is 24.8 Å². The summed E-state index contributed by atoms with van der Waals surface area (Å²) in [6.07, 6.45) is 3.98. The maximum absolute atomic E-state index is 2.30. The first-order chi connectivity index (χ1) is 7.04. The summed E-state index contributed by atoms with van der Waals surface area (Å²) in [5, 5.41) is 0. The molecule has 0 radical (unpaired) electrons. The molecule has 0 amide bonds. The van der Waals surface area contributed by atoms with Crippen LogP contribution >= 0.6 is 0 Å². The number of allylic oxidation sites excluding steroid dienone is 4. The molecule has 0 atom stereocenters. The molecule has 1 aliphatic carbocycles. The van der Waals surface area contributed by atoms with Gasteiger partial charge in [-0.1, -0.05) is 38.8 Å². The first-order valence-electron chi connectivity index (χ1n) is 6.40. The van der Waals surface area contributed by atoms with Gasteiger partial charge in [-0.3, -0.25) is 0 Å². The van der Waals surface area contributed by atoms with Crippen molar-refractivity contribution in [3.63, 3.8) is 0 Å². The summed E-state index contributed by atoms with van der Waals surface area (Å²) in [4.78, 5) is 0. The molecule has 0 aromatic carbocycles. The summed E-state index contributed by atoms with van der Waals surface area (Å²) < 4.78 is 0. The predicted molar refractivity (Wildman–Crippen MR) is 71.1 cm³/mol. The first-order valence-corrected chi connectivity index (χ1v) is 6.40. The molecule has 0 heteroatoms. The van der Waals surface area contributed by atoms with Gasteiger partial charge in [0, 0.05) is 0 Å². The molecular formula is C15H28. The Morgan fingerprint density at radius 3 is 1.80 bits per heavy atom. The van der Waals surface area contributed by atoms with Gasteiger partial charge in [0.2, 0.25) is 0 Å². The Kier molecular flexibility index (Phi) is 6.63. The molecule has 0 nitrogen and oxygen atoms in total. The lowest BCUT2D eigenvalue weighted by Crippen LogP contribution is -1.95. The highest BCUT2D eigenvalue weighted by Gasteiger charge is 2.17. The molecule has 0 unspecified atom stereocenters. The molecule has 1 aliphatic rings. The second-order valence-electron chi connectivity index (χ2n) is 4.65. The molecule has 1 saturated carbocycles. The molecular weight excluding hydrogens is 180 g/mol. The van der Waals surface area contributed by atoms with Gasteiger partial charge in [0.25, 0.3) is 0 Å². The Morgan fingerprint density at radius 2 is 1.40 bits per heavy atom. The van der Waals surface area contributed by atoms with E-state index in [-0.39, 0.29) is 0 Å². The molecule has 1 rings (SSSR count). The quantitative estimate of drug-likeness (QED) is 0.533. The number of rotatable bonds is 1. The number of hydrogen-bond donors (Lipinski definition) is 0. The molecule has 1 fully saturated rings. The zero-order valence-corrected chi connectivity index (χ0v) is 11.7. The monoisotopic (exact) mass is 208 g/mol. The lowest BCUT2D eigenvalue weighted by atomic mass is 9.94. The molecule has 0 aliphatic heterocycles. The topological polar surface area (TPSA) is 0 Å². The van der Waals surface area contributed by atoms with Crippen LogP contribution in [0, 0.1) is 5.92 Å². The Balaban J connectivity index is 0.000000921. The second-order valence-corrected chi connectivity index (χ2v) is 4.65. The molecule has 15 heavy (non-hydrogen) atoms. The van der Waals surface area contributed by atoms with Crippen molar-refractivity contribution < 1.29 is 0 Å². The maximum Gasteiger partial charge on any atom is -0.0257 e. The standard InChI is InChI=1S/C13H22.C2H6/c1-9(2)11(5)13-8-6-7-12(13)10(3)4;1-2/h9H,6-8H2,1-5H3;1-2H3/b13-11+;. The van der Waals surface area contributed by atoms with Gasteiger partial charge >= 0.3 is 0 Å². The summed E-state index contributed by atoms with van der Waals surface area (Å²) in [5.74, 6) is 0.711. The molecule has 0 heterocycles. The van der Waals surface area contributed by atoms with Crippen LogP contribution in [0.3, 0.4) is 0 Å². The van der Waals surface area contributed by atoms with E-state index in [0.717, 1.165) is 0 Å². The van der Waals surface area contributed by atoms with Crippen molar-refractivity contribution in [2.75, 3.05) is 0 Å². The molecule has 0 N–H and O–H groups in total. The summed E-state index contributed by atoms with van der Waals surface area (Å²) in [7, 11) is 0. The minimum absolute atomic E-state index is 0.711. The van der Waals surface area contributed by atoms with Crippen molar-refractivity contribution in [1.29, 1.82) is 0 Å². The highest BCUT2D eigenvalue weighted by Crippen LogP contribution is 2.36. The summed E-state index contributed by atoms with van der Waals surface area (Å²) in [6.45, 7) is 15.4. The van der Waals surface area contributed by atoms with Gasteiger partial charge in [-0.2, -0.15) is 0 Å². The minimum Gasteiger partial charge on any atom is -0.0730 e. The van der Waals surface area contributed by atoms with E-state index in [1.54, 1.807) is 16.7 Å². The minimum atomic E-state index is 0.711. The molecule has 0 bridgehead atoms. The van der Waals surface area contributed by atoms with Crippen LogP contribution in [-0.2, 0) is 0 Å². The van der Waals surface area contributed by atoms with Crippen LogP contribution in [0.25, 0.3) is 0 Å². The van der Waals surface area contributed by atoms with Crippen LogP contribution in [0.5, 0.6) is 0 Å². The van der Waals surface area contributed by atoms with E-state index >= 15 is 0 Å². The lowest BCUT2D eigenvalue weighted by Gasteiger charge is -2.12. The molecule has 0 saturated heterocycles. The zero-order valence-electron chi connectivity index (χ0n) is 11.7. The van der Waals surface area contributed by atoms with E-state index in [4.69, 9.17) is 0 Å². The fraction of sp³-hybridized carbons (Fsp3) is 0.733.